The zero-order chi connectivity index (χ0) is 9.84. The van der Waals surface area contributed by atoms with E-state index < -0.39 is 0 Å². The minimum Gasteiger partial charge on any atom is -0.491 e. The van der Waals surface area contributed by atoms with Gasteiger partial charge in [0, 0.05) is 0 Å². The molecule has 0 unspecified atom stereocenters. The standard InChI is InChI=1S/C10H12BrClO/c1-7-5-8(2)10(11)9(6-7)13-4-3-12/h5-6H,3-4H2,1-2H3. The highest BCUT2D eigenvalue weighted by atomic mass is 79.9. The van der Waals surface area contributed by atoms with Gasteiger partial charge in [0.15, 0.2) is 0 Å². The van der Waals surface area contributed by atoms with Crippen molar-refractivity contribution in [1.82, 2.24) is 0 Å². The fourth-order valence-electron chi connectivity index (χ4n) is 1.16. The van der Waals surface area contributed by atoms with Gasteiger partial charge in [-0.05, 0) is 47.0 Å². The highest BCUT2D eigenvalue weighted by molar-refractivity contribution is 9.10. The maximum absolute atomic E-state index is 5.54. The Morgan fingerprint density at radius 1 is 1.38 bits per heavy atom. The molecule has 0 amide bonds. The number of ether oxygens (including phenoxy) is 1. The molecule has 0 radical (unpaired) electrons. The van der Waals surface area contributed by atoms with Gasteiger partial charge in [0.1, 0.15) is 12.4 Å². The van der Waals surface area contributed by atoms with Crippen molar-refractivity contribution in [2.24, 2.45) is 0 Å². The molecule has 1 aromatic carbocycles. The SMILES string of the molecule is Cc1cc(C)c(Br)c(OCCCl)c1. The summed E-state index contributed by atoms with van der Waals surface area (Å²) in [6.07, 6.45) is 0. The van der Waals surface area contributed by atoms with E-state index >= 15 is 0 Å². The van der Waals surface area contributed by atoms with Gasteiger partial charge < -0.3 is 4.74 Å². The molecule has 72 valence electrons. The van der Waals surface area contributed by atoms with Crippen molar-refractivity contribution in [1.29, 1.82) is 0 Å². The summed E-state index contributed by atoms with van der Waals surface area (Å²) in [5.74, 6) is 1.39. The van der Waals surface area contributed by atoms with Crippen LogP contribution < -0.4 is 4.74 Å². The largest absolute Gasteiger partial charge is 0.491 e. The first-order valence-corrected chi connectivity index (χ1v) is 5.43. The zero-order valence-electron chi connectivity index (χ0n) is 7.73. The number of rotatable bonds is 3. The van der Waals surface area contributed by atoms with Gasteiger partial charge in [-0.25, -0.2) is 0 Å². The van der Waals surface area contributed by atoms with Crippen LogP contribution in [0.15, 0.2) is 16.6 Å². The Labute approximate surface area is 92.2 Å². The zero-order valence-corrected chi connectivity index (χ0v) is 10.1. The minimum absolute atomic E-state index is 0.513. The summed E-state index contributed by atoms with van der Waals surface area (Å²) in [7, 11) is 0. The van der Waals surface area contributed by atoms with Crippen LogP contribution in [0.2, 0.25) is 0 Å². The molecule has 3 heteroatoms. The second-order valence-electron chi connectivity index (χ2n) is 2.93. The van der Waals surface area contributed by atoms with Crippen LogP contribution in [-0.2, 0) is 0 Å². The maximum atomic E-state index is 5.54. The lowest BCUT2D eigenvalue weighted by molar-refractivity contribution is 0.340. The summed E-state index contributed by atoms with van der Waals surface area (Å²) in [5, 5.41) is 0. The predicted octanol–water partition coefficient (Wildman–Crippen LogP) is 3.68. The van der Waals surface area contributed by atoms with Crippen LogP contribution in [0.1, 0.15) is 11.1 Å². The van der Waals surface area contributed by atoms with Crippen LogP contribution in [0.25, 0.3) is 0 Å². The Morgan fingerprint density at radius 3 is 2.69 bits per heavy atom. The number of hydrogen-bond acceptors (Lipinski definition) is 1. The van der Waals surface area contributed by atoms with E-state index in [-0.39, 0.29) is 0 Å². The second kappa shape index (κ2) is 4.87. The summed E-state index contributed by atoms with van der Waals surface area (Å²) < 4.78 is 6.49. The normalized spacial score (nSPS) is 10.2. The molecule has 1 nitrogen and oxygen atoms in total. The molecule has 1 rings (SSSR count). The molecule has 0 aromatic heterocycles. The fraction of sp³-hybridized carbons (Fsp3) is 0.400. The van der Waals surface area contributed by atoms with E-state index in [0.717, 1.165) is 10.2 Å². The van der Waals surface area contributed by atoms with Gasteiger partial charge in [0.05, 0.1) is 10.4 Å². The van der Waals surface area contributed by atoms with Crippen molar-refractivity contribution >= 4 is 27.5 Å². The van der Waals surface area contributed by atoms with Crippen molar-refractivity contribution in [3.8, 4) is 5.75 Å². The van der Waals surface area contributed by atoms with E-state index in [9.17, 15) is 0 Å². The molecule has 0 aliphatic rings. The molecule has 0 aliphatic heterocycles. The maximum Gasteiger partial charge on any atom is 0.134 e. The van der Waals surface area contributed by atoms with Crippen molar-refractivity contribution in [2.75, 3.05) is 12.5 Å². The molecule has 1 aromatic rings. The van der Waals surface area contributed by atoms with Gasteiger partial charge in [-0.1, -0.05) is 6.07 Å². The van der Waals surface area contributed by atoms with E-state index in [4.69, 9.17) is 16.3 Å². The average Bonchev–Trinajstić information content (AvgIpc) is 2.09. The van der Waals surface area contributed by atoms with Crippen LogP contribution in [-0.4, -0.2) is 12.5 Å². The third kappa shape index (κ3) is 2.89. The molecule has 13 heavy (non-hydrogen) atoms. The number of halogens is 2. The van der Waals surface area contributed by atoms with Gasteiger partial charge in [-0.3, -0.25) is 0 Å². The smallest absolute Gasteiger partial charge is 0.134 e. The highest BCUT2D eigenvalue weighted by Crippen LogP contribution is 2.29. The summed E-state index contributed by atoms with van der Waals surface area (Å²) in [5.41, 5.74) is 2.38. The van der Waals surface area contributed by atoms with E-state index in [0.29, 0.717) is 12.5 Å². The number of alkyl halides is 1. The molecular formula is C10H12BrClO. The van der Waals surface area contributed by atoms with Crippen LogP contribution in [0, 0.1) is 13.8 Å². The lowest BCUT2D eigenvalue weighted by atomic mass is 10.1. The third-order valence-corrected chi connectivity index (χ3v) is 2.87. The number of benzene rings is 1. The number of hydrogen-bond donors (Lipinski definition) is 0. The summed E-state index contributed by atoms with van der Waals surface area (Å²) in [6.45, 7) is 4.64. The van der Waals surface area contributed by atoms with Crippen LogP contribution >= 0.6 is 27.5 Å². The molecule has 0 saturated carbocycles. The first-order valence-electron chi connectivity index (χ1n) is 4.10. The Hall–Kier alpha value is -0.210. The molecule has 0 saturated heterocycles. The highest BCUT2D eigenvalue weighted by Gasteiger charge is 2.04. The van der Waals surface area contributed by atoms with Crippen molar-refractivity contribution < 1.29 is 4.74 Å². The average molecular weight is 264 g/mol. The summed E-state index contributed by atoms with van der Waals surface area (Å²) >= 11 is 9.02. The van der Waals surface area contributed by atoms with E-state index in [2.05, 4.69) is 22.0 Å². The van der Waals surface area contributed by atoms with Gasteiger partial charge in [0.2, 0.25) is 0 Å². The Kier molecular flexibility index (Phi) is 4.07. The summed E-state index contributed by atoms with van der Waals surface area (Å²) in [6, 6.07) is 4.11. The molecule has 0 fully saturated rings. The second-order valence-corrected chi connectivity index (χ2v) is 4.10. The van der Waals surface area contributed by atoms with Crippen LogP contribution in [0.3, 0.4) is 0 Å². The lowest BCUT2D eigenvalue weighted by Crippen LogP contribution is -1.99. The molecule has 0 bridgehead atoms. The van der Waals surface area contributed by atoms with E-state index in [1.165, 1.54) is 11.1 Å². The topological polar surface area (TPSA) is 9.23 Å². The van der Waals surface area contributed by atoms with Crippen LogP contribution in [0.4, 0.5) is 0 Å². The third-order valence-electron chi connectivity index (χ3n) is 1.70. The lowest BCUT2D eigenvalue weighted by Gasteiger charge is -2.09. The monoisotopic (exact) mass is 262 g/mol. The van der Waals surface area contributed by atoms with Crippen molar-refractivity contribution in [3.63, 3.8) is 0 Å². The summed E-state index contributed by atoms with van der Waals surface area (Å²) in [4.78, 5) is 0. The molecule has 0 spiro atoms. The Balaban J connectivity index is 2.92. The Morgan fingerprint density at radius 2 is 2.08 bits per heavy atom. The van der Waals surface area contributed by atoms with Crippen molar-refractivity contribution in [3.05, 3.63) is 27.7 Å². The van der Waals surface area contributed by atoms with Gasteiger partial charge in [-0.2, -0.15) is 0 Å². The van der Waals surface area contributed by atoms with E-state index in [1.807, 2.05) is 19.9 Å². The molecular weight excluding hydrogens is 251 g/mol. The predicted molar refractivity (Wildman–Crippen MR) is 59.8 cm³/mol. The first kappa shape index (κ1) is 10.9. The van der Waals surface area contributed by atoms with Gasteiger partial charge in [0.25, 0.3) is 0 Å². The van der Waals surface area contributed by atoms with E-state index in [1.54, 1.807) is 0 Å². The van der Waals surface area contributed by atoms with Gasteiger partial charge in [-0.15, -0.1) is 11.6 Å². The molecule has 0 atom stereocenters. The van der Waals surface area contributed by atoms with Crippen molar-refractivity contribution in [2.45, 2.75) is 13.8 Å². The van der Waals surface area contributed by atoms with Gasteiger partial charge >= 0.3 is 0 Å². The Bertz CT molecular complexity index is 299. The molecule has 0 N–H and O–H groups in total. The quantitative estimate of drug-likeness (QED) is 0.756. The first-order chi connectivity index (χ1) is 6.15. The van der Waals surface area contributed by atoms with Crippen LogP contribution in [0.5, 0.6) is 5.75 Å². The molecule has 0 aliphatic carbocycles. The number of aryl methyl sites for hydroxylation is 2. The minimum atomic E-state index is 0.513. The molecule has 0 heterocycles. The fourth-order valence-corrected chi connectivity index (χ4v) is 1.59.